The summed E-state index contributed by atoms with van der Waals surface area (Å²) in [5, 5.41) is 15.4. The molecule has 0 aliphatic carbocycles. The number of carbonyl (C=O) groups excluding carboxylic acids is 1. The predicted molar refractivity (Wildman–Crippen MR) is 154 cm³/mol. The summed E-state index contributed by atoms with van der Waals surface area (Å²) in [5.41, 5.74) is 4.71. The van der Waals surface area contributed by atoms with Gasteiger partial charge in [-0.05, 0) is 65.4 Å². The van der Waals surface area contributed by atoms with Gasteiger partial charge in [0.1, 0.15) is 10.9 Å². The highest BCUT2D eigenvalue weighted by atomic mass is 35.5. The lowest BCUT2D eigenvalue weighted by Gasteiger charge is -2.16. The molecule has 2 amide bonds. The van der Waals surface area contributed by atoms with Crippen LogP contribution >= 0.6 is 11.6 Å². The number of nitrogens with one attached hydrogen (secondary N) is 3. The maximum atomic E-state index is 12.8. The Morgan fingerprint density at radius 2 is 1.68 bits per heavy atom. The second-order valence-corrected chi connectivity index (χ2v) is 11.1. The van der Waals surface area contributed by atoms with Gasteiger partial charge < -0.3 is 15.7 Å². The maximum Gasteiger partial charge on any atom is 0.322 e. The van der Waals surface area contributed by atoms with E-state index in [1.165, 1.54) is 18.2 Å². The second kappa shape index (κ2) is 12.7. The van der Waals surface area contributed by atoms with Crippen molar-refractivity contribution in [2.24, 2.45) is 0 Å². The van der Waals surface area contributed by atoms with Gasteiger partial charge in [-0.15, -0.1) is 0 Å². The summed E-state index contributed by atoms with van der Waals surface area (Å²) in [6, 6.07) is 20.5. The minimum Gasteiger partial charge on any atom is -0.480 e. The lowest BCUT2D eigenvalue weighted by Crippen LogP contribution is -2.42. The lowest BCUT2D eigenvalue weighted by atomic mass is 9.99. The van der Waals surface area contributed by atoms with E-state index in [-0.39, 0.29) is 22.4 Å². The summed E-state index contributed by atoms with van der Waals surface area (Å²) in [4.78, 5) is 28.2. The number of halogens is 1. The summed E-state index contributed by atoms with van der Waals surface area (Å²) in [5.74, 6) is -1.31. The van der Waals surface area contributed by atoms with Crippen LogP contribution in [0.3, 0.4) is 0 Å². The molecule has 0 saturated heterocycles. The molecule has 4 rings (SSSR count). The third kappa shape index (κ3) is 7.44. The van der Waals surface area contributed by atoms with E-state index >= 15 is 0 Å². The lowest BCUT2D eigenvalue weighted by molar-refractivity contribution is -0.138. The maximum absolute atomic E-state index is 12.8. The molecule has 40 heavy (non-hydrogen) atoms. The predicted octanol–water partition coefficient (Wildman–Crippen LogP) is 5.01. The molecule has 0 saturated carbocycles. The van der Waals surface area contributed by atoms with Crippen molar-refractivity contribution in [1.29, 1.82) is 0 Å². The number of aliphatic carboxylic acids is 1. The molecule has 1 atom stereocenters. The Hall–Kier alpha value is -4.25. The number of hydrogen-bond donors (Lipinski definition) is 4. The van der Waals surface area contributed by atoms with E-state index in [1.54, 1.807) is 36.7 Å². The number of pyridine rings is 1. The van der Waals surface area contributed by atoms with Crippen molar-refractivity contribution in [3.63, 3.8) is 0 Å². The Bertz CT molecular complexity index is 1610. The van der Waals surface area contributed by atoms with Crippen LogP contribution in [0.2, 0.25) is 5.02 Å². The highest BCUT2D eigenvalue weighted by molar-refractivity contribution is 7.89. The third-order valence-corrected chi connectivity index (χ3v) is 8.08. The number of carbonyl (C=O) groups is 2. The van der Waals surface area contributed by atoms with Gasteiger partial charge in [-0.25, -0.2) is 13.2 Å². The van der Waals surface area contributed by atoms with Crippen LogP contribution < -0.4 is 15.4 Å². The Kier molecular flexibility index (Phi) is 9.15. The number of aromatic nitrogens is 1. The van der Waals surface area contributed by atoms with E-state index in [9.17, 15) is 23.1 Å². The van der Waals surface area contributed by atoms with Gasteiger partial charge >= 0.3 is 12.0 Å². The van der Waals surface area contributed by atoms with Gasteiger partial charge in [0, 0.05) is 24.6 Å². The third-order valence-electron chi connectivity index (χ3n) is 6.11. The molecule has 0 aliphatic heterocycles. The van der Waals surface area contributed by atoms with Gasteiger partial charge in [-0.2, -0.15) is 4.72 Å². The van der Waals surface area contributed by atoms with Crippen molar-refractivity contribution in [3.8, 4) is 11.1 Å². The Balaban J connectivity index is 1.43. The minimum absolute atomic E-state index is 0.00132. The van der Waals surface area contributed by atoms with Crippen LogP contribution in [0.4, 0.5) is 10.5 Å². The molecule has 0 fully saturated rings. The summed E-state index contributed by atoms with van der Waals surface area (Å²) in [7, 11) is -4.15. The molecule has 0 spiro atoms. The molecule has 4 N–H and O–H groups in total. The number of amides is 2. The molecular formula is C29H27ClN4O5S. The van der Waals surface area contributed by atoms with Gasteiger partial charge in [-0.1, -0.05) is 66.2 Å². The standard InChI is InChI=1S/C29H27ClN4O5S/c1-19-8-11-23(16-25(19)33-29(37)32-18-21-5-4-14-31-17-21)22-12-9-20(10-13-22)15-26(28(35)36)34-40(38,39)27-7-3-2-6-24(27)30/h2-14,16-17,26,34H,15,18H2,1H3,(H,35,36)(H2,32,33,37)/t26-/m0/s1. The van der Waals surface area contributed by atoms with E-state index < -0.39 is 22.0 Å². The first-order valence-electron chi connectivity index (χ1n) is 12.3. The molecule has 0 radical (unpaired) electrons. The van der Waals surface area contributed by atoms with Gasteiger partial charge in [0.15, 0.2) is 0 Å². The number of carboxylic acid groups (broad SMARTS) is 1. The number of nitrogens with zero attached hydrogens (tertiary/aromatic N) is 1. The smallest absolute Gasteiger partial charge is 0.322 e. The molecule has 9 nitrogen and oxygen atoms in total. The topological polar surface area (TPSA) is 137 Å². The second-order valence-electron chi connectivity index (χ2n) is 9.04. The summed E-state index contributed by atoms with van der Waals surface area (Å²) in [6.45, 7) is 2.23. The van der Waals surface area contributed by atoms with Crippen molar-refractivity contribution in [2.45, 2.75) is 30.8 Å². The van der Waals surface area contributed by atoms with Crippen LogP contribution in [-0.4, -0.2) is 36.6 Å². The average molecular weight is 579 g/mol. The van der Waals surface area contributed by atoms with Crippen molar-refractivity contribution >= 4 is 39.3 Å². The normalized spacial score (nSPS) is 11.9. The molecule has 0 bridgehead atoms. The van der Waals surface area contributed by atoms with Gasteiger partial charge in [-0.3, -0.25) is 9.78 Å². The van der Waals surface area contributed by atoms with Crippen LogP contribution in [0.1, 0.15) is 16.7 Å². The molecule has 3 aromatic carbocycles. The first kappa shape index (κ1) is 28.8. The van der Waals surface area contributed by atoms with Gasteiger partial charge in [0.05, 0.1) is 5.02 Å². The van der Waals surface area contributed by atoms with E-state index in [4.69, 9.17) is 11.6 Å². The zero-order valence-electron chi connectivity index (χ0n) is 21.5. The van der Waals surface area contributed by atoms with Crippen molar-refractivity contribution in [1.82, 2.24) is 15.0 Å². The number of sulfonamides is 1. The molecule has 206 valence electrons. The molecule has 4 aromatic rings. The van der Waals surface area contributed by atoms with E-state index in [0.717, 1.165) is 22.3 Å². The summed E-state index contributed by atoms with van der Waals surface area (Å²) >= 11 is 6.00. The molecule has 0 aliphatic rings. The highest BCUT2D eigenvalue weighted by Gasteiger charge is 2.27. The van der Waals surface area contributed by atoms with Crippen LogP contribution in [-0.2, 0) is 27.8 Å². The van der Waals surface area contributed by atoms with Gasteiger partial charge in [0.2, 0.25) is 10.0 Å². The number of carboxylic acids is 1. The minimum atomic E-state index is -4.15. The molecular weight excluding hydrogens is 552 g/mol. The fraction of sp³-hybridized carbons (Fsp3) is 0.138. The van der Waals surface area contributed by atoms with Crippen LogP contribution in [0, 0.1) is 6.92 Å². The molecule has 1 heterocycles. The van der Waals surface area contributed by atoms with Crippen LogP contribution in [0.25, 0.3) is 11.1 Å². The van der Waals surface area contributed by atoms with Crippen molar-refractivity contribution in [3.05, 3.63) is 113 Å². The van der Waals surface area contributed by atoms with Crippen LogP contribution in [0.5, 0.6) is 0 Å². The zero-order valence-corrected chi connectivity index (χ0v) is 23.0. The number of rotatable bonds is 10. The van der Waals surface area contributed by atoms with Gasteiger partial charge in [0.25, 0.3) is 0 Å². The Morgan fingerprint density at radius 3 is 2.35 bits per heavy atom. The number of hydrogen-bond acceptors (Lipinski definition) is 5. The quantitative estimate of drug-likeness (QED) is 0.209. The molecule has 0 unspecified atom stereocenters. The Labute approximate surface area is 237 Å². The van der Waals surface area contributed by atoms with E-state index in [0.29, 0.717) is 17.8 Å². The number of anilines is 1. The fourth-order valence-electron chi connectivity index (χ4n) is 3.95. The zero-order chi connectivity index (χ0) is 28.7. The SMILES string of the molecule is Cc1ccc(-c2ccc(C[C@H](NS(=O)(=O)c3ccccc3Cl)C(=O)O)cc2)cc1NC(=O)NCc1cccnc1. The average Bonchev–Trinajstić information content (AvgIpc) is 2.94. The van der Waals surface area contributed by atoms with E-state index in [2.05, 4.69) is 20.3 Å². The summed E-state index contributed by atoms with van der Waals surface area (Å²) in [6.07, 6.45) is 3.28. The number of aryl methyl sites for hydroxylation is 1. The van der Waals surface area contributed by atoms with Crippen molar-refractivity contribution in [2.75, 3.05) is 5.32 Å². The number of urea groups is 1. The molecule has 11 heteroatoms. The highest BCUT2D eigenvalue weighted by Crippen LogP contribution is 2.26. The number of benzene rings is 3. The Morgan fingerprint density at radius 1 is 0.950 bits per heavy atom. The summed E-state index contributed by atoms with van der Waals surface area (Å²) < 4.78 is 27.7. The first-order chi connectivity index (χ1) is 19.1. The van der Waals surface area contributed by atoms with E-state index in [1.807, 2.05) is 43.3 Å². The first-order valence-corrected chi connectivity index (χ1v) is 14.1. The largest absolute Gasteiger partial charge is 0.480 e. The monoisotopic (exact) mass is 578 g/mol. The van der Waals surface area contributed by atoms with Crippen LogP contribution in [0.15, 0.2) is 96.2 Å². The van der Waals surface area contributed by atoms with Crippen molar-refractivity contribution < 1.29 is 23.1 Å². The molecule has 1 aromatic heterocycles. The fourth-order valence-corrected chi connectivity index (χ4v) is 5.66.